The molecule has 0 bridgehead atoms. The zero-order valence-electron chi connectivity index (χ0n) is 11.4. The van der Waals surface area contributed by atoms with Gasteiger partial charge in [0.1, 0.15) is 0 Å². The largest absolute Gasteiger partial charge is 0.317 e. The highest BCUT2D eigenvalue weighted by atomic mass is 15.1. The van der Waals surface area contributed by atoms with E-state index in [1.54, 1.807) is 0 Å². The summed E-state index contributed by atoms with van der Waals surface area (Å²) in [6.07, 6.45) is 5.52. The first-order valence-electron chi connectivity index (χ1n) is 7.52. The molecule has 0 spiro atoms. The first-order valence-corrected chi connectivity index (χ1v) is 7.52. The minimum absolute atomic E-state index is 0.923. The van der Waals surface area contributed by atoms with Crippen LogP contribution in [-0.4, -0.2) is 50.7 Å². The molecule has 0 atom stereocenters. The maximum atomic E-state index is 3.71. The van der Waals surface area contributed by atoms with E-state index in [4.69, 9.17) is 0 Å². The number of piperidine rings is 2. The Labute approximate surface area is 106 Å². The van der Waals surface area contributed by atoms with E-state index in [0.29, 0.717) is 0 Å². The smallest absolute Gasteiger partial charge is 0.00157 e. The van der Waals surface area contributed by atoms with Gasteiger partial charge in [-0.15, -0.1) is 0 Å². The molecule has 100 valence electrons. The number of rotatable bonds is 5. The van der Waals surface area contributed by atoms with Crippen LogP contribution in [-0.2, 0) is 0 Å². The van der Waals surface area contributed by atoms with Crippen molar-refractivity contribution in [1.82, 2.24) is 15.5 Å². The molecule has 17 heavy (non-hydrogen) atoms. The summed E-state index contributed by atoms with van der Waals surface area (Å²) in [6.45, 7) is 11.1. The van der Waals surface area contributed by atoms with Crippen molar-refractivity contribution in [2.75, 3.05) is 45.8 Å². The molecule has 2 N–H and O–H groups in total. The van der Waals surface area contributed by atoms with Crippen molar-refractivity contribution in [2.45, 2.75) is 32.6 Å². The van der Waals surface area contributed by atoms with E-state index in [1.165, 1.54) is 71.5 Å². The Hall–Kier alpha value is -0.120. The SMILES string of the molecule is CCN1CCC(CNCC2CCNCC2)CC1. The Kier molecular flexibility index (Phi) is 5.75. The fourth-order valence-corrected chi connectivity index (χ4v) is 3.08. The highest BCUT2D eigenvalue weighted by molar-refractivity contribution is 4.75. The molecule has 2 aliphatic rings. The third-order valence-electron chi connectivity index (χ3n) is 4.48. The van der Waals surface area contributed by atoms with Crippen LogP contribution in [0.2, 0.25) is 0 Å². The van der Waals surface area contributed by atoms with E-state index in [2.05, 4.69) is 22.5 Å². The van der Waals surface area contributed by atoms with Crippen LogP contribution in [0.15, 0.2) is 0 Å². The molecular weight excluding hydrogens is 210 g/mol. The summed E-state index contributed by atoms with van der Waals surface area (Å²) in [6, 6.07) is 0. The minimum Gasteiger partial charge on any atom is -0.317 e. The Morgan fingerprint density at radius 3 is 2.18 bits per heavy atom. The van der Waals surface area contributed by atoms with Gasteiger partial charge in [-0.25, -0.2) is 0 Å². The summed E-state index contributed by atoms with van der Waals surface area (Å²) in [5, 5.41) is 7.14. The van der Waals surface area contributed by atoms with Crippen molar-refractivity contribution >= 4 is 0 Å². The lowest BCUT2D eigenvalue weighted by molar-refractivity contribution is 0.188. The fourth-order valence-electron chi connectivity index (χ4n) is 3.08. The van der Waals surface area contributed by atoms with E-state index in [9.17, 15) is 0 Å². The molecule has 2 rings (SSSR count). The molecule has 0 aromatic carbocycles. The van der Waals surface area contributed by atoms with Crippen molar-refractivity contribution < 1.29 is 0 Å². The van der Waals surface area contributed by atoms with Gasteiger partial charge in [-0.05, 0) is 83.3 Å². The highest BCUT2D eigenvalue weighted by Gasteiger charge is 2.18. The topological polar surface area (TPSA) is 27.3 Å². The number of nitrogens with one attached hydrogen (secondary N) is 2. The van der Waals surface area contributed by atoms with Crippen molar-refractivity contribution in [3.05, 3.63) is 0 Å². The Morgan fingerprint density at radius 2 is 1.59 bits per heavy atom. The molecule has 0 unspecified atom stereocenters. The minimum atomic E-state index is 0.923. The zero-order valence-corrected chi connectivity index (χ0v) is 11.4. The first-order chi connectivity index (χ1) is 8.38. The lowest BCUT2D eigenvalue weighted by atomic mass is 9.95. The quantitative estimate of drug-likeness (QED) is 0.757. The normalized spacial score (nSPS) is 25.2. The van der Waals surface area contributed by atoms with Gasteiger partial charge in [-0.2, -0.15) is 0 Å². The van der Waals surface area contributed by atoms with Crippen molar-refractivity contribution in [3.63, 3.8) is 0 Å². The van der Waals surface area contributed by atoms with Gasteiger partial charge in [0.25, 0.3) is 0 Å². The number of likely N-dealkylation sites (tertiary alicyclic amines) is 1. The van der Waals surface area contributed by atoms with Gasteiger partial charge in [-0.1, -0.05) is 6.92 Å². The Morgan fingerprint density at radius 1 is 1.00 bits per heavy atom. The summed E-state index contributed by atoms with van der Waals surface area (Å²) in [7, 11) is 0. The molecule has 0 aromatic heterocycles. The summed E-state index contributed by atoms with van der Waals surface area (Å²) >= 11 is 0. The lowest BCUT2D eigenvalue weighted by Crippen LogP contribution is -2.39. The van der Waals surface area contributed by atoms with Crippen molar-refractivity contribution in [1.29, 1.82) is 0 Å². The second-order valence-corrected chi connectivity index (χ2v) is 5.73. The van der Waals surface area contributed by atoms with Crippen LogP contribution in [0.25, 0.3) is 0 Å². The van der Waals surface area contributed by atoms with Crippen LogP contribution >= 0.6 is 0 Å². The first kappa shape index (κ1) is 13.3. The van der Waals surface area contributed by atoms with Crippen LogP contribution < -0.4 is 10.6 Å². The van der Waals surface area contributed by atoms with Gasteiger partial charge in [-0.3, -0.25) is 0 Å². The summed E-state index contributed by atoms with van der Waals surface area (Å²) in [5.74, 6) is 1.85. The highest BCUT2D eigenvalue weighted by Crippen LogP contribution is 2.16. The van der Waals surface area contributed by atoms with Crippen LogP contribution in [0.4, 0.5) is 0 Å². The van der Waals surface area contributed by atoms with Gasteiger partial charge < -0.3 is 15.5 Å². The van der Waals surface area contributed by atoms with Gasteiger partial charge in [0.05, 0.1) is 0 Å². The third kappa shape index (κ3) is 4.57. The molecular formula is C14H29N3. The number of hydrogen-bond donors (Lipinski definition) is 2. The van der Waals surface area contributed by atoms with Crippen molar-refractivity contribution in [2.24, 2.45) is 11.8 Å². The maximum Gasteiger partial charge on any atom is -0.00157 e. The van der Waals surface area contributed by atoms with Gasteiger partial charge in [0.2, 0.25) is 0 Å². The van der Waals surface area contributed by atoms with Crippen molar-refractivity contribution in [3.8, 4) is 0 Å². The predicted octanol–water partition coefficient (Wildman–Crippen LogP) is 1.31. The van der Waals surface area contributed by atoms with E-state index in [1.807, 2.05) is 0 Å². The summed E-state index contributed by atoms with van der Waals surface area (Å²) in [4.78, 5) is 2.57. The van der Waals surface area contributed by atoms with E-state index < -0.39 is 0 Å². The van der Waals surface area contributed by atoms with Crippen LogP contribution in [0.1, 0.15) is 32.6 Å². The van der Waals surface area contributed by atoms with E-state index in [0.717, 1.165) is 11.8 Å². The van der Waals surface area contributed by atoms with Gasteiger partial charge >= 0.3 is 0 Å². The summed E-state index contributed by atoms with van der Waals surface area (Å²) in [5.41, 5.74) is 0. The Bertz CT molecular complexity index is 194. The fraction of sp³-hybridized carbons (Fsp3) is 1.00. The standard InChI is InChI=1S/C14H29N3/c1-2-17-9-5-14(6-10-17)12-16-11-13-3-7-15-8-4-13/h13-16H,2-12H2,1H3. The predicted molar refractivity (Wildman–Crippen MR) is 73.3 cm³/mol. The Balaban J connectivity index is 1.53. The second kappa shape index (κ2) is 7.34. The van der Waals surface area contributed by atoms with E-state index in [-0.39, 0.29) is 0 Å². The second-order valence-electron chi connectivity index (χ2n) is 5.73. The van der Waals surface area contributed by atoms with Crippen LogP contribution in [0.5, 0.6) is 0 Å². The maximum absolute atomic E-state index is 3.71. The number of nitrogens with zero attached hydrogens (tertiary/aromatic N) is 1. The molecule has 0 amide bonds. The molecule has 3 nitrogen and oxygen atoms in total. The molecule has 3 heteroatoms. The molecule has 2 heterocycles. The molecule has 0 aromatic rings. The summed E-state index contributed by atoms with van der Waals surface area (Å²) < 4.78 is 0. The van der Waals surface area contributed by atoms with Gasteiger partial charge in [0, 0.05) is 0 Å². The number of hydrogen-bond acceptors (Lipinski definition) is 3. The molecule has 0 saturated carbocycles. The molecule has 0 radical (unpaired) electrons. The average molecular weight is 239 g/mol. The molecule has 0 aliphatic carbocycles. The zero-order chi connectivity index (χ0) is 11.9. The molecule has 2 saturated heterocycles. The average Bonchev–Trinajstić information content (AvgIpc) is 2.41. The molecule has 2 aliphatic heterocycles. The molecule has 2 fully saturated rings. The van der Waals surface area contributed by atoms with E-state index >= 15 is 0 Å². The monoisotopic (exact) mass is 239 g/mol. The van der Waals surface area contributed by atoms with Crippen LogP contribution in [0, 0.1) is 11.8 Å². The lowest BCUT2D eigenvalue weighted by Gasteiger charge is -2.31. The van der Waals surface area contributed by atoms with Gasteiger partial charge in [0.15, 0.2) is 0 Å². The third-order valence-corrected chi connectivity index (χ3v) is 4.48. The van der Waals surface area contributed by atoms with Crippen LogP contribution in [0.3, 0.4) is 0 Å².